The van der Waals surface area contributed by atoms with E-state index in [1.54, 1.807) is 10.9 Å². The molecule has 0 amide bonds. The second kappa shape index (κ2) is 7.54. The zero-order valence-corrected chi connectivity index (χ0v) is 17.8. The van der Waals surface area contributed by atoms with E-state index in [1.165, 1.54) is 22.3 Å². The largest absolute Gasteiger partial charge is 0.294 e. The first-order valence-corrected chi connectivity index (χ1v) is 11.0. The maximum atomic E-state index is 13.4. The first kappa shape index (κ1) is 18.8. The van der Waals surface area contributed by atoms with E-state index < -0.39 is 0 Å². The van der Waals surface area contributed by atoms with Crippen LogP contribution in [0.2, 0.25) is 0 Å². The van der Waals surface area contributed by atoms with E-state index in [1.807, 2.05) is 18.2 Å². The van der Waals surface area contributed by atoms with Gasteiger partial charge in [-0.25, -0.2) is 4.98 Å². The van der Waals surface area contributed by atoms with E-state index in [0.29, 0.717) is 17.8 Å². The molecule has 3 aromatic carbocycles. The first-order valence-electron chi connectivity index (χ1n) is 10.2. The summed E-state index contributed by atoms with van der Waals surface area (Å²) in [7, 11) is 0. The van der Waals surface area contributed by atoms with Crippen LogP contribution in [0.5, 0.6) is 0 Å². The summed E-state index contributed by atoms with van der Waals surface area (Å²) in [6, 6.07) is 23.0. The van der Waals surface area contributed by atoms with Gasteiger partial charge in [-0.2, -0.15) is 0 Å². The Morgan fingerprint density at radius 1 is 0.933 bits per heavy atom. The van der Waals surface area contributed by atoms with Crippen molar-refractivity contribution in [2.75, 3.05) is 0 Å². The second-order valence-corrected chi connectivity index (χ2v) is 8.79. The molecule has 5 rings (SSSR count). The molecular formula is C26H22N2OS. The van der Waals surface area contributed by atoms with Crippen LogP contribution in [-0.4, -0.2) is 9.55 Å². The molecule has 0 aliphatic heterocycles. The average Bonchev–Trinajstić information content (AvgIpc) is 3.20. The zero-order valence-electron chi connectivity index (χ0n) is 17.0. The Hall–Kier alpha value is -3.24. The number of hydrogen-bond acceptors (Lipinski definition) is 3. The number of hydrogen-bond donors (Lipinski definition) is 0. The van der Waals surface area contributed by atoms with E-state index in [9.17, 15) is 4.79 Å². The molecule has 0 radical (unpaired) electrons. The Morgan fingerprint density at radius 3 is 2.50 bits per heavy atom. The average molecular weight is 411 g/mol. The van der Waals surface area contributed by atoms with Crippen molar-refractivity contribution in [3.8, 4) is 11.1 Å². The van der Waals surface area contributed by atoms with Crippen LogP contribution in [0.3, 0.4) is 0 Å². The van der Waals surface area contributed by atoms with Crippen LogP contribution in [0, 0.1) is 0 Å². The van der Waals surface area contributed by atoms with E-state index in [4.69, 9.17) is 0 Å². The Balaban J connectivity index is 1.62. The van der Waals surface area contributed by atoms with Gasteiger partial charge in [-0.1, -0.05) is 80.6 Å². The molecule has 0 fully saturated rings. The molecule has 0 aliphatic rings. The molecule has 30 heavy (non-hydrogen) atoms. The summed E-state index contributed by atoms with van der Waals surface area (Å²) >= 11 is 1.53. The molecular weight excluding hydrogens is 388 g/mol. The van der Waals surface area contributed by atoms with Crippen LogP contribution in [0.4, 0.5) is 0 Å². The Bertz CT molecular complexity index is 1410. The molecule has 0 spiro atoms. The lowest BCUT2D eigenvalue weighted by atomic mass is 9.99. The summed E-state index contributed by atoms with van der Waals surface area (Å²) in [5.41, 5.74) is 4.46. The molecule has 0 saturated carbocycles. The maximum absolute atomic E-state index is 13.4. The Labute approximate surface area is 179 Å². The van der Waals surface area contributed by atoms with Gasteiger partial charge in [0.2, 0.25) is 0 Å². The van der Waals surface area contributed by atoms with Gasteiger partial charge >= 0.3 is 0 Å². The van der Waals surface area contributed by atoms with Gasteiger partial charge in [0.1, 0.15) is 4.83 Å². The van der Waals surface area contributed by atoms with Crippen molar-refractivity contribution in [2.45, 2.75) is 26.3 Å². The quantitative estimate of drug-likeness (QED) is 0.341. The van der Waals surface area contributed by atoms with Gasteiger partial charge in [0.25, 0.3) is 5.56 Å². The van der Waals surface area contributed by atoms with E-state index in [-0.39, 0.29) is 5.56 Å². The van der Waals surface area contributed by atoms with Gasteiger partial charge in [-0.3, -0.25) is 9.36 Å². The topological polar surface area (TPSA) is 34.9 Å². The van der Waals surface area contributed by atoms with Gasteiger partial charge < -0.3 is 0 Å². The minimum atomic E-state index is 0.0112. The molecule has 0 unspecified atom stereocenters. The fourth-order valence-electron chi connectivity index (χ4n) is 3.94. The van der Waals surface area contributed by atoms with Crippen LogP contribution >= 0.6 is 11.3 Å². The molecule has 0 atom stereocenters. The van der Waals surface area contributed by atoms with E-state index >= 15 is 0 Å². The number of nitrogens with zero attached hydrogens (tertiary/aromatic N) is 2. The van der Waals surface area contributed by atoms with Crippen LogP contribution in [0.25, 0.3) is 32.1 Å². The van der Waals surface area contributed by atoms with Gasteiger partial charge in [-0.05, 0) is 33.4 Å². The molecule has 5 aromatic rings. The van der Waals surface area contributed by atoms with Crippen LogP contribution in [-0.2, 0) is 6.54 Å². The van der Waals surface area contributed by atoms with Gasteiger partial charge in [0.15, 0.2) is 0 Å². The lowest BCUT2D eigenvalue weighted by Gasteiger charge is -2.10. The summed E-state index contributed by atoms with van der Waals surface area (Å²) < 4.78 is 1.72. The molecule has 0 bridgehead atoms. The monoisotopic (exact) mass is 410 g/mol. The predicted octanol–water partition coefficient (Wildman–Crippen LogP) is 6.45. The summed E-state index contributed by atoms with van der Waals surface area (Å²) in [6.45, 7) is 4.89. The smallest absolute Gasteiger partial charge is 0.263 e. The predicted molar refractivity (Wildman–Crippen MR) is 126 cm³/mol. The third kappa shape index (κ3) is 3.23. The summed E-state index contributed by atoms with van der Waals surface area (Å²) in [5, 5.41) is 5.09. The standard InChI is InChI=1S/C26H22N2OS/c1-17(2)19-12-10-18(11-13-19)14-28-16-27-25-24(26(28)29)23(15-30-25)22-9-5-7-20-6-3-4-8-21(20)22/h3-13,15-17H,14H2,1-2H3. The molecule has 3 nitrogen and oxygen atoms in total. The first-order chi connectivity index (χ1) is 14.6. The normalized spacial score (nSPS) is 11.6. The molecule has 148 valence electrons. The zero-order chi connectivity index (χ0) is 20.7. The highest BCUT2D eigenvalue weighted by Gasteiger charge is 2.15. The third-order valence-corrected chi connectivity index (χ3v) is 6.53. The SMILES string of the molecule is CC(C)c1ccc(Cn2cnc3scc(-c4cccc5ccccc45)c3c2=O)cc1. The number of aromatic nitrogens is 2. The van der Waals surface area contributed by atoms with Crippen molar-refractivity contribution < 1.29 is 0 Å². The van der Waals surface area contributed by atoms with Crippen molar-refractivity contribution >= 4 is 32.3 Å². The summed E-state index contributed by atoms with van der Waals surface area (Å²) in [5.74, 6) is 0.494. The van der Waals surface area contributed by atoms with E-state index in [2.05, 4.69) is 72.7 Å². The molecule has 0 saturated heterocycles. The molecule has 4 heteroatoms. The van der Waals surface area contributed by atoms with Crippen LogP contribution < -0.4 is 5.56 Å². The van der Waals surface area contributed by atoms with Crippen molar-refractivity contribution in [3.05, 3.63) is 99.9 Å². The minimum absolute atomic E-state index is 0.0112. The molecule has 0 aliphatic carbocycles. The van der Waals surface area contributed by atoms with Crippen LogP contribution in [0.15, 0.2) is 83.2 Å². The Kier molecular flexibility index (Phi) is 4.72. The van der Waals surface area contributed by atoms with Gasteiger partial charge in [-0.15, -0.1) is 11.3 Å². The lowest BCUT2D eigenvalue weighted by Crippen LogP contribution is -2.21. The highest BCUT2D eigenvalue weighted by Crippen LogP contribution is 2.35. The maximum Gasteiger partial charge on any atom is 0.263 e. The number of thiophene rings is 1. The van der Waals surface area contributed by atoms with Gasteiger partial charge in [0, 0.05) is 10.9 Å². The number of fused-ring (bicyclic) bond motifs is 2. The summed E-state index contributed by atoms with van der Waals surface area (Å²) in [6.07, 6.45) is 1.67. The van der Waals surface area contributed by atoms with Crippen molar-refractivity contribution in [3.63, 3.8) is 0 Å². The molecule has 2 aromatic heterocycles. The van der Waals surface area contributed by atoms with Crippen molar-refractivity contribution in [1.82, 2.24) is 9.55 Å². The Morgan fingerprint density at radius 2 is 1.70 bits per heavy atom. The van der Waals surface area contributed by atoms with Crippen molar-refractivity contribution in [2.24, 2.45) is 0 Å². The van der Waals surface area contributed by atoms with Crippen molar-refractivity contribution in [1.29, 1.82) is 0 Å². The third-order valence-electron chi connectivity index (χ3n) is 5.64. The number of benzene rings is 3. The minimum Gasteiger partial charge on any atom is -0.294 e. The second-order valence-electron chi connectivity index (χ2n) is 7.93. The van der Waals surface area contributed by atoms with Gasteiger partial charge in [0.05, 0.1) is 18.3 Å². The van der Waals surface area contributed by atoms with Crippen LogP contribution in [0.1, 0.15) is 30.9 Å². The number of rotatable bonds is 4. The summed E-state index contributed by atoms with van der Waals surface area (Å²) in [4.78, 5) is 18.8. The molecule has 0 N–H and O–H groups in total. The lowest BCUT2D eigenvalue weighted by molar-refractivity contribution is 0.748. The fraction of sp³-hybridized carbons (Fsp3) is 0.154. The fourth-order valence-corrected chi connectivity index (χ4v) is 4.84. The van der Waals surface area contributed by atoms with E-state index in [0.717, 1.165) is 26.9 Å². The highest BCUT2D eigenvalue weighted by molar-refractivity contribution is 7.17. The highest BCUT2D eigenvalue weighted by atomic mass is 32.1. The molecule has 2 heterocycles.